The third kappa shape index (κ3) is 27.3. The second kappa shape index (κ2) is 27.4. The fourth-order valence-corrected chi connectivity index (χ4v) is 4.02. The maximum Gasteiger partial charge on any atom is 0.219 e. The molecular weight excluding hydrogens is 384 g/mol. The summed E-state index contributed by atoms with van der Waals surface area (Å²) in [5.74, 6) is 0.251. The van der Waals surface area contributed by atoms with E-state index in [1.54, 1.807) is 0 Å². The average Bonchev–Trinajstić information content (AvgIpc) is 2.77. The molecule has 31 heavy (non-hydrogen) atoms. The van der Waals surface area contributed by atoms with Crippen LogP contribution in [0.2, 0.25) is 0 Å². The molecule has 8 N–H and O–H groups in total. The summed E-state index contributed by atoms with van der Waals surface area (Å²) in [6.07, 6.45) is 23.2. The van der Waals surface area contributed by atoms with Crippen molar-refractivity contribution in [2.75, 3.05) is 39.3 Å². The van der Waals surface area contributed by atoms with Gasteiger partial charge in [-0.1, -0.05) is 84.0 Å². The van der Waals surface area contributed by atoms with Crippen LogP contribution in [0.5, 0.6) is 0 Å². The van der Waals surface area contributed by atoms with Crippen LogP contribution in [0.3, 0.4) is 0 Å². The Morgan fingerprint density at radius 2 is 1.06 bits per heavy atom. The molecule has 0 aliphatic heterocycles. The molecule has 0 fully saturated rings. The van der Waals surface area contributed by atoms with E-state index < -0.39 is 0 Å². The van der Waals surface area contributed by atoms with Crippen molar-refractivity contribution in [1.29, 1.82) is 0 Å². The van der Waals surface area contributed by atoms with Crippen molar-refractivity contribution in [3.8, 4) is 0 Å². The van der Waals surface area contributed by atoms with E-state index in [1.165, 1.54) is 116 Å². The molecule has 1 amide bonds. The Labute approximate surface area is 194 Å². The summed E-state index contributed by atoms with van der Waals surface area (Å²) >= 11 is 0. The summed E-state index contributed by atoms with van der Waals surface area (Å²) in [6, 6.07) is 0. The zero-order valence-corrected chi connectivity index (χ0v) is 21.2. The minimum atomic E-state index is 0.251. The summed E-state index contributed by atoms with van der Waals surface area (Å²) in [5, 5.41) is 7.90. The topological polar surface area (TPSA) is 90.0 Å². The molecule has 0 heterocycles. The van der Waals surface area contributed by atoms with Crippen LogP contribution in [-0.4, -0.2) is 45.2 Å². The predicted molar refractivity (Wildman–Crippen MR) is 133 cm³/mol. The van der Waals surface area contributed by atoms with Gasteiger partial charge in [-0.15, -0.1) is 0 Å². The molecular formula is C26H59N4O+3. The molecule has 0 aliphatic rings. The molecule has 0 bridgehead atoms. The smallest absolute Gasteiger partial charge is 0.219 e. The van der Waals surface area contributed by atoms with E-state index in [2.05, 4.69) is 28.6 Å². The van der Waals surface area contributed by atoms with E-state index >= 15 is 0 Å². The van der Waals surface area contributed by atoms with Gasteiger partial charge in [-0.05, 0) is 6.42 Å². The number of amides is 1. The number of unbranched alkanes of at least 4 members (excludes halogenated alkanes) is 13. The Bertz CT molecular complexity index is 352. The normalized spacial score (nSPS) is 11.2. The van der Waals surface area contributed by atoms with Gasteiger partial charge in [-0.25, -0.2) is 0 Å². The first-order valence-corrected chi connectivity index (χ1v) is 14.0. The number of carbonyl (C=O) groups is 1. The molecule has 0 radical (unpaired) electrons. The second-order valence-electron chi connectivity index (χ2n) is 9.34. The Balaban J connectivity index is 3.14. The molecule has 0 aromatic rings. The Hall–Kier alpha value is -0.650. The van der Waals surface area contributed by atoms with Crippen molar-refractivity contribution < 1.29 is 21.2 Å². The lowest BCUT2D eigenvalue weighted by molar-refractivity contribution is -0.665. The Morgan fingerprint density at radius 3 is 1.58 bits per heavy atom. The van der Waals surface area contributed by atoms with Gasteiger partial charge in [-0.2, -0.15) is 0 Å². The number of nitrogens with one attached hydrogen (secondary N) is 1. The quantitative estimate of drug-likeness (QED) is 0.152. The van der Waals surface area contributed by atoms with E-state index in [1.807, 2.05) is 0 Å². The molecule has 0 aromatic carbocycles. The fourth-order valence-electron chi connectivity index (χ4n) is 4.02. The first-order valence-electron chi connectivity index (χ1n) is 14.0. The number of rotatable bonds is 26. The van der Waals surface area contributed by atoms with Gasteiger partial charge in [0.2, 0.25) is 5.91 Å². The first kappa shape index (κ1) is 30.4. The van der Waals surface area contributed by atoms with Gasteiger partial charge >= 0.3 is 0 Å². The minimum Gasteiger partial charge on any atom is -0.357 e. The number of nitrogens with two attached hydrogens (primary N) is 2. The lowest BCUT2D eigenvalue weighted by Gasteiger charge is -2.06. The second-order valence-corrected chi connectivity index (χ2v) is 9.34. The number of carbonyl (C=O) groups excluding carboxylic acids is 1. The first-order chi connectivity index (χ1) is 15.3. The van der Waals surface area contributed by atoms with Crippen LogP contribution in [-0.2, 0) is 4.79 Å². The van der Waals surface area contributed by atoms with Crippen molar-refractivity contribution in [2.24, 2.45) is 0 Å². The molecule has 0 spiro atoms. The maximum atomic E-state index is 11.9. The van der Waals surface area contributed by atoms with Gasteiger partial charge in [0, 0.05) is 38.6 Å². The SMILES string of the molecule is CCCCCCCCCCCCCCCC(=O)NCCC[NH2+]CCCC[NH2+]CCC[NH3+]. The van der Waals surface area contributed by atoms with Crippen LogP contribution in [0.1, 0.15) is 122 Å². The molecule has 5 heteroatoms. The van der Waals surface area contributed by atoms with E-state index in [0.29, 0.717) is 6.42 Å². The molecule has 0 aliphatic carbocycles. The zero-order chi connectivity index (χ0) is 22.7. The fraction of sp³-hybridized carbons (Fsp3) is 0.962. The van der Waals surface area contributed by atoms with Crippen LogP contribution in [0.25, 0.3) is 0 Å². The van der Waals surface area contributed by atoms with Gasteiger partial charge in [0.15, 0.2) is 0 Å². The summed E-state index contributed by atoms with van der Waals surface area (Å²) in [6.45, 7) is 9.01. The lowest BCUT2D eigenvalue weighted by atomic mass is 10.0. The van der Waals surface area contributed by atoms with Crippen molar-refractivity contribution in [3.05, 3.63) is 0 Å². The van der Waals surface area contributed by atoms with Crippen molar-refractivity contribution in [1.82, 2.24) is 5.32 Å². The highest BCUT2D eigenvalue weighted by atomic mass is 16.1. The van der Waals surface area contributed by atoms with Crippen LogP contribution < -0.4 is 21.7 Å². The summed E-state index contributed by atoms with van der Waals surface area (Å²) in [4.78, 5) is 11.9. The summed E-state index contributed by atoms with van der Waals surface area (Å²) in [7, 11) is 0. The van der Waals surface area contributed by atoms with E-state index in [9.17, 15) is 4.79 Å². The van der Waals surface area contributed by atoms with Gasteiger partial charge < -0.3 is 21.7 Å². The standard InChI is InChI=1S/C26H56N4O/c1-2-3-4-5-6-7-8-9-10-11-12-13-14-19-26(31)30-25-18-24-29-22-16-15-21-28-23-17-20-27/h28-29H,2-25,27H2,1H3,(H,30,31)/p+3. The predicted octanol–water partition coefficient (Wildman–Crippen LogP) is 2.51. The van der Waals surface area contributed by atoms with Crippen molar-refractivity contribution >= 4 is 5.91 Å². The zero-order valence-electron chi connectivity index (χ0n) is 21.2. The third-order valence-corrected chi connectivity index (χ3v) is 6.14. The van der Waals surface area contributed by atoms with Gasteiger partial charge in [-0.3, -0.25) is 4.79 Å². The number of quaternary nitrogens is 3. The molecule has 0 saturated heterocycles. The number of hydrogen-bond donors (Lipinski definition) is 4. The Morgan fingerprint density at radius 1 is 0.613 bits per heavy atom. The third-order valence-electron chi connectivity index (χ3n) is 6.14. The molecule has 0 aromatic heterocycles. The molecule has 0 saturated carbocycles. The van der Waals surface area contributed by atoms with E-state index in [4.69, 9.17) is 0 Å². The molecule has 5 nitrogen and oxygen atoms in total. The van der Waals surface area contributed by atoms with E-state index in [0.717, 1.165) is 32.5 Å². The molecule has 0 unspecified atom stereocenters. The van der Waals surface area contributed by atoms with Crippen molar-refractivity contribution in [3.63, 3.8) is 0 Å². The van der Waals surface area contributed by atoms with Crippen molar-refractivity contribution in [2.45, 2.75) is 122 Å². The maximum absolute atomic E-state index is 11.9. The highest BCUT2D eigenvalue weighted by Crippen LogP contribution is 2.12. The van der Waals surface area contributed by atoms with Crippen LogP contribution in [0.15, 0.2) is 0 Å². The molecule has 186 valence electrons. The minimum absolute atomic E-state index is 0.251. The summed E-state index contributed by atoms with van der Waals surface area (Å²) < 4.78 is 0. The van der Waals surface area contributed by atoms with Gasteiger partial charge in [0.1, 0.15) is 0 Å². The van der Waals surface area contributed by atoms with Gasteiger partial charge in [0.05, 0.1) is 32.7 Å². The van der Waals surface area contributed by atoms with Gasteiger partial charge in [0.25, 0.3) is 0 Å². The summed E-state index contributed by atoms with van der Waals surface area (Å²) in [5.41, 5.74) is 3.87. The van der Waals surface area contributed by atoms with Crippen LogP contribution >= 0.6 is 0 Å². The van der Waals surface area contributed by atoms with Crippen LogP contribution in [0, 0.1) is 0 Å². The van der Waals surface area contributed by atoms with Crippen LogP contribution in [0.4, 0.5) is 0 Å². The largest absolute Gasteiger partial charge is 0.357 e. The molecule has 0 atom stereocenters. The number of hydrogen-bond acceptors (Lipinski definition) is 1. The molecule has 0 rings (SSSR count). The monoisotopic (exact) mass is 443 g/mol. The lowest BCUT2D eigenvalue weighted by Crippen LogP contribution is -2.86. The highest BCUT2D eigenvalue weighted by molar-refractivity contribution is 5.75. The highest BCUT2D eigenvalue weighted by Gasteiger charge is 2.01. The average molecular weight is 444 g/mol. The Kier molecular flexibility index (Phi) is 26.8. The van der Waals surface area contributed by atoms with E-state index in [-0.39, 0.29) is 5.91 Å².